The zero-order valence-electron chi connectivity index (χ0n) is 19.6. The Labute approximate surface area is 230 Å². The number of nitrogens with one attached hydrogen (secondary N) is 2. The lowest BCUT2D eigenvalue weighted by Gasteiger charge is -2.10. The number of nitrogens with zero attached hydrogens (tertiary/aromatic N) is 2. The first-order chi connectivity index (χ1) is 18.6. The van der Waals surface area contributed by atoms with Crippen molar-refractivity contribution in [3.05, 3.63) is 126 Å². The first kappa shape index (κ1) is 27.0. The van der Waals surface area contributed by atoms with Crippen LogP contribution >= 0.6 is 23.2 Å². The Kier molecular flexibility index (Phi) is 8.04. The molecule has 196 valence electrons. The molecule has 0 fully saturated rings. The predicted octanol–water partition coefficient (Wildman–Crippen LogP) is 7.11. The van der Waals surface area contributed by atoms with Gasteiger partial charge in [-0.15, -0.1) is 0 Å². The van der Waals surface area contributed by atoms with Gasteiger partial charge >= 0.3 is 0 Å². The second-order valence-corrected chi connectivity index (χ2v) is 8.72. The van der Waals surface area contributed by atoms with Crippen molar-refractivity contribution in [1.82, 2.24) is 0 Å². The molecule has 0 aliphatic rings. The lowest BCUT2D eigenvalue weighted by Crippen LogP contribution is -2.12. The molecule has 0 spiro atoms. The summed E-state index contributed by atoms with van der Waals surface area (Å²) in [6.07, 6.45) is 0. The van der Waals surface area contributed by atoms with E-state index in [2.05, 4.69) is 10.6 Å². The average molecular weight is 567 g/mol. The van der Waals surface area contributed by atoms with Gasteiger partial charge in [-0.1, -0.05) is 23.2 Å². The van der Waals surface area contributed by atoms with Crippen molar-refractivity contribution in [2.75, 3.05) is 10.6 Å². The van der Waals surface area contributed by atoms with Crippen molar-refractivity contribution in [1.29, 1.82) is 0 Å². The van der Waals surface area contributed by atoms with Crippen molar-refractivity contribution >= 4 is 57.8 Å². The van der Waals surface area contributed by atoms with E-state index in [9.17, 15) is 29.8 Å². The molecule has 0 heterocycles. The summed E-state index contributed by atoms with van der Waals surface area (Å²) in [6, 6.07) is 20.4. The second-order valence-electron chi connectivity index (χ2n) is 7.91. The Hall–Kier alpha value is -5.00. The maximum atomic E-state index is 12.5. The van der Waals surface area contributed by atoms with Crippen LogP contribution in [0.4, 0.5) is 22.7 Å². The molecule has 2 amide bonds. The third-order valence-corrected chi connectivity index (χ3v) is 5.91. The lowest BCUT2D eigenvalue weighted by molar-refractivity contribution is -0.384. The van der Waals surface area contributed by atoms with Crippen LogP contribution in [0.15, 0.2) is 84.9 Å². The van der Waals surface area contributed by atoms with Gasteiger partial charge in [-0.3, -0.25) is 29.8 Å². The summed E-state index contributed by atoms with van der Waals surface area (Å²) in [4.78, 5) is 45.7. The van der Waals surface area contributed by atoms with Crippen LogP contribution in [-0.4, -0.2) is 21.7 Å². The highest BCUT2D eigenvalue weighted by Crippen LogP contribution is 2.28. The minimum absolute atomic E-state index is 0.0682. The fraction of sp³-hybridized carbons (Fsp3) is 0. The van der Waals surface area contributed by atoms with E-state index >= 15 is 0 Å². The minimum atomic E-state index is -0.667. The fourth-order valence-corrected chi connectivity index (χ4v) is 3.72. The quantitative estimate of drug-likeness (QED) is 0.170. The Morgan fingerprint density at radius 3 is 1.31 bits per heavy atom. The van der Waals surface area contributed by atoms with Crippen molar-refractivity contribution in [3.8, 4) is 11.5 Å². The zero-order chi connectivity index (χ0) is 28.1. The number of nitro benzene ring substituents is 2. The molecule has 39 heavy (non-hydrogen) atoms. The van der Waals surface area contributed by atoms with E-state index < -0.39 is 21.7 Å². The molecule has 4 rings (SSSR count). The number of carbonyl (C=O) groups excluding carboxylic acids is 2. The summed E-state index contributed by atoms with van der Waals surface area (Å²) in [5.41, 5.74) is 0.289. The van der Waals surface area contributed by atoms with Gasteiger partial charge in [0.15, 0.2) is 0 Å². The number of halogens is 2. The van der Waals surface area contributed by atoms with E-state index in [1.165, 1.54) is 24.3 Å². The normalized spacial score (nSPS) is 10.4. The Balaban J connectivity index is 1.36. The fourth-order valence-electron chi connectivity index (χ4n) is 3.34. The highest BCUT2D eigenvalue weighted by Gasteiger charge is 2.18. The first-order valence-corrected chi connectivity index (χ1v) is 11.7. The van der Waals surface area contributed by atoms with Crippen molar-refractivity contribution in [2.45, 2.75) is 0 Å². The summed E-state index contributed by atoms with van der Waals surface area (Å²) in [5.74, 6) is -0.177. The molecule has 0 saturated carbocycles. The number of hydrogen-bond acceptors (Lipinski definition) is 7. The number of carbonyl (C=O) groups is 2. The second kappa shape index (κ2) is 11.6. The summed E-state index contributed by atoms with van der Waals surface area (Å²) in [7, 11) is 0. The van der Waals surface area contributed by atoms with Gasteiger partial charge in [-0.25, -0.2) is 0 Å². The van der Waals surface area contributed by atoms with Crippen LogP contribution in [0, 0.1) is 20.2 Å². The Morgan fingerprint density at radius 1 is 0.615 bits per heavy atom. The SMILES string of the molecule is O=C(Nc1ccc(Oc2ccc(NC(=O)c3ccc(Cl)c([N+](=O)[O-])c3)cc2)cc1)c1ccc(Cl)c([N+](=O)[O-])c1. The lowest BCUT2D eigenvalue weighted by atomic mass is 10.2. The molecule has 0 aromatic heterocycles. The van der Waals surface area contributed by atoms with Crippen LogP contribution in [0.3, 0.4) is 0 Å². The molecule has 0 unspecified atom stereocenters. The van der Waals surface area contributed by atoms with Gasteiger partial charge < -0.3 is 15.4 Å². The number of amides is 2. The van der Waals surface area contributed by atoms with Crippen LogP contribution in [0.2, 0.25) is 10.0 Å². The number of hydrogen-bond donors (Lipinski definition) is 2. The summed E-state index contributed by atoms with van der Waals surface area (Å²) < 4.78 is 5.77. The van der Waals surface area contributed by atoms with E-state index in [0.717, 1.165) is 12.1 Å². The highest BCUT2D eigenvalue weighted by molar-refractivity contribution is 6.33. The molecule has 0 bridgehead atoms. The van der Waals surface area contributed by atoms with Crippen LogP contribution < -0.4 is 15.4 Å². The van der Waals surface area contributed by atoms with Gasteiger partial charge in [0.25, 0.3) is 23.2 Å². The van der Waals surface area contributed by atoms with E-state index in [1.54, 1.807) is 48.5 Å². The average Bonchev–Trinajstić information content (AvgIpc) is 2.91. The zero-order valence-corrected chi connectivity index (χ0v) is 21.1. The third kappa shape index (κ3) is 6.66. The summed E-state index contributed by atoms with van der Waals surface area (Å²) in [5, 5.41) is 27.2. The molecule has 0 saturated heterocycles. The van der Waals surface area contributed by atoms with Crippen molar-refractivity contribution in [3.63, 3.8) is 0 Å². The molecule has 4 aromatic carbocycles. The highest BCUT2D eigenvalue weighted by atomic mass is 35.5. The van der Waals surface area contributed by atoms with Crippen molar-refractivity contribution < 1.29 is 24.2 Å². The number of nitro groups is 2. The van der Waals surface area contributed by atoms with Gasteiger partial charge in [-0.05, 0) is 72.8 Å². The molecule has 11 nitrogen and oxygen atoms in total. The maximum Gasteiger partial charge on any atom is 0.288 e. The Morgan fingerprint density at radius 2 is 0.974 bits per heavy atom. The number of ether oxygens (including phenoxy) is 1. The molecule has 13 heteroatoms. The first-order valence-electron chi connectivity index (χ1n) is 11.0. The number of benzene rings is 4. The molecule has 0 atom stereocenters. The molecular formula is C26H16Cl2N4O7. The van der Waals surface area contributed by atoms with Crippen LogP contribution in [-0.2, 0) is 0 Å². The van der Waals surface area contributed by atoms with Crippen molar-refractivity contribution in [2.24, 2.45) is 0 Å². The summed E-state index contributed by atoms with van der Waals surface area (Å²) >= 11 is 11.6. The standard InChI is InChI=1S/C26H16Cl2N4O7/c27-21-11-1-15(13-23(21)31(35)36)25(33)29-17-3-7-19(8-4-17)39-20-9-5-18(6-10-20)30-26(34)16-2-12-22(28)24(14-16)32(37)38/h1-14H,(H,29,33)(H,30,34). The molecule has 4 aromatic rings. The minimum Gasteiger partial charge on any atom is -0.457 e. The van der Waals surface area contributed by atoms with Crippen LogP contribution in [0.1, 0.15) is 20.7 Å². The van der Waals surface area contributed by atoms with E-state index in [-0.39, 0.29) is 32.5 Å². The van der Waals surface area contributed by atoms with E-state index in [1.807, 2.05) is 0 Å². The smallest absolute Gasteiger partial charge is 0.288 e. The molecule has 2 N–H and O–H groups in total. The topological polar surface area (TPSA) is 154 Å². The van der Waals surface area contributed by atoms with E-state index in [0.29, 0.717) is 22.9 Å². The van der Waals surface area contributed by atoms with E-state index in [4.69, 9.17) is 27.9 Å². The monoisotopic (exact) mass is 566 g/mol. The van der Waals surface area contributed by atoms with Gasteiger partial charge in [0, 0.05) is 34.6 Å². The van der Waals surface area contributed by atoms with Gasteiger partial charge in [0.2, 0.25) is 0 Å². The largest absolute Gasteiger partial charge is 0.457 e. The molecule has 0 aliphatic heterocycles. The number of anilines is 2. The summed E-state index contributed by atoms with van der Waals surface area (Å²) in [6.45, 7) is 0. The Bertz CT molecular complexity index is 1470. The van der Waals surface area contributed by atoms with Gasteiger partial charge in [0.05, 0.1) is 9.85 Å². The van der Waals surface area contributed by atoms with Gasteiger partial charge in [-0.2, -0.15) is 0 Å². The number of rotatable bonds is 8. The molecule has 0 aliphatic carbocycles. The maximum absolute atomic E-state index is 12.5. The van der Waals surface area contributed by atoms with Crippen LogP contribution in [0.5, 0.6) is 11.5 Å². The van der Waals surface area contributed by atoms with Crippen LogP contribution in [0.25, 0.3) is 0 Å². The van der Waals surface area contributed by atoms with Gasteiger partial charge in [0.1, 0.15) is 21.5 Å². The predicted molar refractivity (Wildman–Crippen MR) is 145 cm³/mol. The third-order valence-electron chi connectivity index (χ3n) is 5.27. The molecule has 0 radical (unpaired) electrons. The molecular weight excluding hydrogens is 551 g/mol.